The van der Waals surface area contributed by atoms with E-state index in [1.54, 1.807) is 6.08 Å². The van der Waals surface area contributed by atoms with Crippen LogP contribution in [0.5, 0.6) is 0 Å². The first-order chi connectivity index (χ1) is 8.00. The molecular formula is C12H20N2O3. The number of urea groups is 1. The second kappa shape index (κ2) is 5.70. The van der Waals surface area contributed by atoms with E-state index in [4.69, 9.17) is 0 Å². The number of carboxylic acid groups (broad SMARTS) is 1. The largest absolute Gasteiger partial charge is 0.480 e. The van der Waals surface area contributed by atoms with Gasteiger partial charge < -0.3 is 15.7 Å². The molecule has 0 heterocycles. The van der Waals surface area contributed by atoms with Gasteiger partial charge in [0, 0.05) is 6.54 Å². The second-order valence-corrected chi connectivity index (χ2v) is 4.71. The smallest absolute Gasteiger partial charge is 0.329 e. The van der Waals surface area contributed by atoms with Crippen molar-refractivity contribution in [1.29, 1.82) is 0 Å². The third-order valence-electron chi connectivity index (χ3n) is 3.17. The zero-order valence-corrected chi connectivity index (χ0v) is 10.2. The van der Waals surface area contributed by atoms with Crippen molar-refractivity contribution in [3.05, 3.63) is 12.7 Å². The molecule has 96 valence electrons. The fourth-order valence-corrected chi connectivity index (χ4v) is 2.34. The van der Waals surface area contributed by atoms with Crippen LogP contribution in [0.15, 0.2) is 12.7 Å². The molecule has 2 unspecified atom stereocenters. The Morgan fingerprint density at radius 3 is 2.82 bits per heavy atom. The number of amides is 2. The summed E-state index contributed by atoms with van der Waals surface area (Å²) >= 11 is 0. The molecule has 1 rings (SSSR count). The topological polar surface area (TPSA) is 78.4 Å². The fourth-order valence-electron chi connectivity index (χ4n) is 2.34. The van der Waals surface area contributed by atoms with Gasteiger partial charge in [0.2, 0.25) is 0 Å². The average Bonchev–Trinajstić information content (AvgIpc) is 2.26. The summed E-state index contributed by atoms with van der Waals surface area (Å²) in [4.78, 5) is 22.9. The van der Waals surface area contributed by atoms with E-state index in [0.29, 0.717) is 25.3 Å². The van der Waals surface area contributed by atoms with Crippen LogP contribution in [0.1, 0.15) is 32.6 Å². The van der Waals surface area contributed by atoms with E-state index in [0.717, 1.165) is 12.8 Å². The predicted molar refractivity (Wildman–Crippen MR) is 64.7 cm³/mol. The van der Waals surface area contributed by atoms with Crippen molar-refractivity contribution in [3.63, 3.8) is 0 Å². The van der Waals surface area contributed by atoms with Gasteiger partial charge in [-0.25, -0.2) is 9.59 Å². The zero-order valence-electron chi connectivity index (χ0n) is 10.2. The van der Waals surface area contributed by atoms with Gasteiger partial charge in [0.15, 0.2) is 0 Å². The van der Waals surface area contributed by atoms with Gasteiger partial charge in [0.1, 0.15) is 5.54 Å². The quantitative estimate of drug-likeness (QED) is 0.652. The van der Waals surface area contributed by atoms with Crippen molar-refractivity contribution in [1.82, 2.24) is 10.6 Å². The van der Waals surface area contributed by atoms with Gasteiger partial charge in [0.25, 0.3) is 0 Å². The van der Waals surface area contributed by atoms with Crippen LogP contribution in [-0.4, -0.2) is 29.2 Å². The van der Waals surface area contributed by atoms with E-state index in [1.165, 1.54) is 0 Å². The number of carboxylic acids is 1. The lowest BCUT2D eigenvalue weighted by atomic mass is 9.76. The molecule has 0 spiro atoms. The van der Waals surface area contributed by atoms with Crippen molar-refractivity contribution in [2.24, 2.45) is 5.92 Å². The molecular weight excluding hydrogens is 220 g/mol. The summed E-state index contributed by atoms with van der Waals surface area (Å²) in [6.45, 7) is 5.83. The Morgan fingerprint density at radius 1 is 1.59 bits per heavy atom. The van der Waals surface area contributed by atoms with Crippen LogP contribution in [0.3, 0.4) is 0 Å². The second-order valence-electron chi connectivity index (χ2n) is 4.71. The van der Waals surface area contributed by atoms with Gasteiger partial charge in [-0.05, 0) is 18.8 Å². The lowest BCUT2D eigenvalue weighted by molar-refractivity contribution is -0.146. The molecule has 1 saturated carbocycles. The highest BCUT2D eigenvalue weighted by Crippen LogP contribution is 2.32. The Morgan fingerprint density at radius 2 is 2.29 bits per heavy atom. The lowest BCUT2D eigenvalue weighted by Gasteiger charge is -2.36. The molecule has 0 radical (unpaired) electrons. The molecule has 2 atom stereocenters. The van der Waals surface area contributed by atoms with Crippen molar-refractivity contribution < 1.29 is 14.7 Å². The molecule has 3 N–H and O–H groups in total. The Labute approximate surface area is 101 Å². The van der Waals surface area contributed by atoms with Gasteiger partial charge in [-0.1, -0.05) is 25.8 Å². The van der Waals surface area contributed by atoms with Gasteiger partial charge in [-0.2, -0.15) is 0 Å². The summed E-state index contributed by atoms with van der Waals surface area (Å²) in [5, 5.41) is 14.5. The van der Waals surface area contributed by atoms with Crippen LogP contribution < -0.4 is 10.6 Å². The highest BCUT2D eigenvalue weighted by molar-refractivity contribution is 5.86. The van der Waals surface area contributed by atoms with Crippen molar-refractivity contribution in [3.8, 4) is 0 Å². The van der Waals surface area contributed by atoms with Crippen molar-refractivity contribution in [2.45, 2.75) is 38.1 Å². The van der Waals surface area contributed by atoms with Crippen LogP contribution in [0, 0.1) is 5.92 Å². The summed E-state index contributed by atoms with van der Waals surface area (Å²) < 4.78 is 0. The van der Waals surface area contributed by atoms with E-state index >= 15 is 0 Å². The van der Waals surface area contributed by atoms with Crippen LogP contribution in [0.25, 0.3) is 0 Å². The Hall–Kier alpha value is -1.52. The van der Waals surface area contributed by atoms with Gasteiger partial charge in [-0.3, -0.25) is 0 Å². The van der Waals surface area contributed by atoms with Crippen LogP contribution >= 0.6 is 0 Å². The van der Waals surface area contributed by atoms with E-state index in [1.807, 2.05) is 6.92 Å². The molecule has 0 aromatic heterocycles. The molecule has 0 aromatic rings. The number of hydrogen-bond acceptors (Lipinski definition) is 2. The van der Waals surface area contributed by atoms with Gasteiger partial charge >= 0.3 is 12.0 Å². The number of carbonyl (C=O) groups is 2. The summed E-state index contributed by atoms with van der Waals surface area (Å²) in [6, 6.07) is -0.443. The van der Waals surface area contributed by atoms with E-state index in [9.17, 15) is 14.7 Å². The summed E-state index contributed by atoms with van der Waals surface area (Å²) in [7, 11) is 0. The normalized spacial score (nSPS) is 28.2. The summed E-state index contributed by atoms with van der Waals surface area (Å²) in [5.74, 6) is -0.627. The number of hydrogen-bond donors (Lipinski definition) is 3. The first kappa shape index (κ1) is 13.5. The molecule has 0 saturated heterocycles. The Bertz CT molecular complexity index is 317. The van der Waals surface area contributed by atoms with E-state index in [-0.39, 0.29) is 0 Å². The Kier molecular flexibility index (Phi) is 4.54. The monoisotopic (exact) mass is 240 g/mol. The highest BCUT2D eigenvalue weighted by Gasteiger charge is 2.43. The fraction of sp³-hybridized carbons (Fsp3) is 0.667. The molecule has 2 amide bonds. The first-order valence-corrected chi connectivity index (χ1v) is 5.90. The number of nitrogens with one attached hydrogen (secondary N) is 2. The van der Waals surface area contributed by atoms with Crippen LogP contribution in [-0.2, 0) is 4.79 Å². The number of aliphatic carboxylic acids is 1. The van der Waals surface area contributed by atoms with Crippen LogP contribution in [0.2, 0.25) is 0 Å². The van der Waals surface area contributed by atoms with Gasteiger partial charge in [-0.15, -0.1) is 6.58 Å². The maximum absolute atomic E-state index is 11.6. The third-order valence-corrected chi connectivity index (χ3v) is 3.17. The minimum atomic E-state index is -1.11. The standard InChI is InChI=1S/C12H20N2O3/c1-3-7-13-11(17)14-12(10(15)16)6-4-5-9(2)8-12/h3,9H,1,4-8H2,2H3,(H,15,16)(H2,13,14,17). The van der Waals surface area contributed by atoms with Crippen molar-refractivity contribution in [2.75, 3.05) is 6.54 Å². The van der Waals surface area contributed by atoms with E-state index in [2.05, 4.69) is 17.2 Å². The minimum absolute atomic E-state index is 0.319. The molecule has 0 bridgehead atoms. The average molecular weight is 240 g/mol. The molecule has 0 aromatic carbocycles. The maximum Gasteiger partial charge on any atom is 0.329 e. The Balaban J connectivity index is 2.68. The molecule has 5 heteroatoms. The number of rotatable bonds is 4. The number of carbonyl (C=O) groups excluding carboxylic acids is 1. The SMILES string of the molecule is C=CCNC(=O)NC1(C(=O)O)CCCC(C)C1. The highest BCUT2D eigenvalue weighted by atomic mass is 16.4. The molecule has 1 aliphatic rings. The lowest BCUT2D eigenvalue weighted by Crippen LogP contribution is -2.59. The zero-order chi connectivity index (χ0) is 12.9. The molecule has 5 nitrogen and oxygen atoms in total. The van der Waals surface area contributed by atoms with Gasteiger partial charge in [0.05, 0.1) is 0 Å². The van der Waals surface area contributed by atoms with Crippen molar-refractivity contribution >= 4 is 12.0 Å². The van der Waals surface area contributed by atoms with Crippen LogP contribution in [0.4, 0.5) is 4.79 Å². The maximum atomic E-state index is 11.6. The summed E-state index contributed by atoms with van der Waals surface area (Å²) in [6.07, 6.45) is 4.38. The molecule has 0 aliphatic heterocycles. The molecule has 17 heavy (non-hydrogen) atoms. The predicted octanol–water partition coefficient (Wildman–Crippen LogP) is 1.51. The molecule has 1 fully saturated rings. The minimum Gasteiger partial charge on any atom is -0.480 e. The molecule has 1 aliphatic carbocycles. The first-order valence-electron chi connectivity index (χ1n) is 5.90. The third kappa shape index (κ3) is 3.47. The van der Waals surface area contributed by atoms with E-state index < -0.39 is 17.5 Å². The summed E-state index contributed by atoms with van der Waals surface area (Å²) in [5.41, 5.74) is -1.11.